The Balaban J connectivity index is 1.62. The van der Waals surface area contributed by atoms with E-state index in [2.05, 4.69) is 60.4 Å². The molecule has 0 radical (unpaired) electrons. The van der Waals surface area contributed by atoms with E-state index >= 15 is 0 Å². The molecule has 1 fully saturated rings. The van der Waals surface area contributed by atoms with Gasteiger partial charge >= 0.3 is 0 Å². The molecule has 24 heavy (non-hydrogen) atoms. The van der Waals surface area contributed by atoms with Crippen molar-refractivity contribution in [2.75, 3.05) is 19.6 Å². The number of benzene rings is 2. The minimum Gasteiger partial charge on any atom is -0.385 e. The minimum atomic E-state index is -0.766. The molecular formula is C22H29NO. The maximum Gasteiger partial charge on any atom is 0.0880 e. The normalized spacial score (nSPS) is 19.1. The zero-order valence-corrected chi connectivity index (χ0v) is 14.9. The van der Waals surface area contributed by atoms with E-state index < -0.39 is 5.60 Å². The summed E-state index contributed by atoms with van der Waals surface area (Å²) in [5.41, 5.74) is 2.65. The molecule has 0 bridgehead atoms. The minimum absolute atomic E-state index is 0.766. The quantitative estimate of drug-likeness (QED) is 0.863. The van der Waals surface area contributed by atoms with Crippen LogP contribution in [0.4, 0.5) is 0 Å². The van der Waals surface area contributed by atoms with Crippen molar-refractivity contribution in [3.63, 3.8) is 0 Å². The monoisotopic (exact) mass is 323 g/mol. The standard InChI is InChI=1S/C22H29NO/c1-18-12-15-23(16-13-18)17-14-22(2,24)21-10-8-20(9-11-21)19-6-4-3-5-7-19/h3-11,18,24H,12-17H2,1-2H3. The lowest BCUT2D eigenvalue weighted by Gasteiger charge is -2.33. The SMILES string of the molecule is CC1CCN(CCC(C)(O)c2ccc(-c3ccccc3)cc2)CC1. The topological polar surface area (TPSA) is 23.5 Å². The predicted molar refractivity (Wildman–Crippen MR) is 101 cm³/mol. The number of aliphatic hydroxyl groups is 1. The predicted octanol–water partition coefficient (Wildman–Crippen LogP) is 4.68. The Morgan fingerprint density at radius 2 is 1.54 bits per heavy atom. The second kappa shape index (κ2) is 7.50. The van der Waals surface area contributed by atoms with Gasteiger partial charge in [-0.3, -0.25) is 0 Å². The first-order chi connectivity index (χ1) is 11.5. The Morgan fingerprint density at radius 1 is 0.958 bits per heavy atom. The zero-order chi connectivity index (χ0) is 17.0. The van der Waals surface area contributed by atoms with Gasteiger partial charge in [-0.15, -0.1) is 0 Å². The van der Waals surface area contributed by atoms with Crippen molar-refractivity contribution in [1.82, 2.24) is 4.90 Å². The van der Waals surface area contributed by atoms with Crippen molar-refractivity contribution < 1.29 is 5.11 Å². The molecule has 1 heterocycles. The molecule has 0 saturated carbocycles. The summed E-state index contributed by atoms with van der Waals surface area (Å²) in [6.45, 7) is 7.59. The number of likely N-dealkylation sites (tertiary alicyclic amines) is 1. The highest BCUT2D eigenvalue weighted by Crippen LogP contribution is 2.28. The van der Waals surface area contributed by atoms with E-state index in [-0.39, 0.29) is 0 Å². The van der Waals surface area contributed by atoms with E-state index in [0.717, 1.165) is 24.4 Å². The van der Waals surface area contributed by atoms with E-state index in [1.807, 2.05) is 13.0 Å². The number of nitrogens with zero attached hydrogens (tertiary/aromatic N) is 1. The van der Waals surface area contributed by atoms with Gasteiger partial charge in [0.25, 0.3) is 0 Å². The van der Waals surface area contributed by atoms with Crippen molar-refractivity contribution in [3.8, 4) is 11.1 Å². The lowest BCUT2D eigenvalue weighted by atomic mass is 9.90. The van der Waals surface area contributed by atoms with Crippen LogP contribution < -0.4 is 0 Å². The molecule has 0 spiro atoms. The number of hydrogen-bond donors (Lipinski definition) is 1. The molecule has 2 aromatic rings. The Bertz CT molecular complexity index is 625. The van der Waals surface area contributed by atoms with Gasteiger partial charge in [0.1, 0.15) is 0 Å². The van der Waals surface area contributed by atoms with Crippen LogP contribution in [0.3, 0.4) is 0 Å². The molecule has 2 nitrogen and oxygen atoms in total. The second-order valence-corrected chi connectivity index (χ2v) is 7.49. The molecule has 2 heteroatoms. The Morgan fingerprint density at radius 3 is 2.17 bits per heavy atom. The molecule has 1 aliphatic heterocycles. The van der Waals surface area contributed by atoms with Gasteiger partial charge in [0, 0.05) is 6.54 Å². The van der Waals surface area contributed by atoms with Crippen LogP contribution in [0.1, 0.15) is 38.7 Å². The van der Waals surface area contributed by atoms with Crippen LogP contribution in [-0.2, 0) is 5.60 Å². The van der Waals surface area contributed by atoms with Gasteiger partial charge < -0.3 is 10.0 Å². The molecule has 2 aromatic carbocycles. The smallest absolute Gasteiger partial charge is 0.0880 e. The Kier molecular flexibility index (Phi) is 5.37. The van der Waals surface area contributed by atoms with Crippen LogP contribution in [0.2, 0.25) is 0 Å². The maximum atomic E-state index is 10.9. The largest absolute Gasteiger partial charge is 0.385 e. The van der Waals surface area contributed by atoms with Gasteiger partial charge in [0.2, 0.25) is 0 Å². The summed E-state index contributed by atoms with van der Waals surface area (Å²) in [7, 11) is 0. The average Bonchev–Trinajstić information content (AvgIpc) is 2.62. The fraction of sp³-hybridized carbons (Fsp3) is 0.455. The molecule has 1 saturated heterocycles. The molecule has 1 N–H and O–H groups in total. The van der Waals surface area contributed by atoms with Gasteiger partial charge in [-0.1, -0.05) is 61.5 Å². The van der Waals surface area contributed by atoms with Gasteiger partial charge in [0.05, 0.1) is 5.60 Å². The van der Waals surface area contributed by atoms with Crippen LogP contribution in [0.25, 0.3) is 11.1 Å². The van der Waals surface area contributed by atoms with Crippen molar-refractivity contribution in [2.24, 2.45) is 5.92 Å². The van der Waals surface area contributed by atoms with Gasteiger partial charge in [-0.2, -0.15) is 0 Å². The van der Waals surface area contributed by atoms with Crippen LogP contribution >= 0.6 is 0 Å². The maximum absolute atomic E-state index is 10.9. The van der Waals surface area contributed by atoms with Crippen LogP contribution in [0, 0.1) is 5.92 Å². The van der Waals surface area contributed by atoms with Crippen molar-refractivity contribution in [3.05, 3.63) is 60.2 Å². The first-order valence-corrected chi connectivity index (χ1v) is 9.15. The molecule has 0 aromatic heterocycles. The summed E-state index contributed by atoms with van der Waals surface area (Å²) >= 11 is 0. The summed E-state index contributed by atoms with van der Waals surface area (Å²) in [5, 5.41) is 10.9. The van der Waals surface area contributed by atoms with E-state index in [1.165, 1.54) is 37.1 Å². The van der Waals surface area contributed by atoms with E-state index in [4.69, 9.17) is 0 Å². The highest BCUT2D eigenvalue weighted by atomic mass is 16.3. The van der Waals surface area contributed by atoms with Crippen molar-refractivity contribution in [2.45, 2.75) is 38.7 Å². The van der Waals surface area contributed by atoms with Crippen LogP contribution in [0.15, 0.2) is 54.6 Å². The number of hydrogen-bond acceptors (Lipinski definition) is 2. The molecule has 128 valence electrons. The summed E-state index contributed by atoms with van der Waals surface area (Å²) in [6.07, 6.45) is 3.36. The number of rotatable bonds is 5. The fourth-order valence-corrected chi connectivity index (χ4v) is 3.46. The van der Waals surface area contributed by atoms with Gasteiger partial charge in [0.15, 0.2) is 0 Å². The van der Waals surface area contributed by atoms with Crippen LogP contribution in [0.5, 0.6) is 0 Å². The molecule has 3 rings (SSSR count). The summed E-state index contributed by atoms with van der Waals surface area (Å²) in [5.74, 6) is 0.854. The second-order valence-electron chi connectivity index (χ2n) is 7.49. The third-order valence-corrected chi connectivity index (χ3v) is 5.41. The molecular weight excluding hydrogens is 294 g/mol. The first-order valence-electron chi connectivity index (χ1n) is 9.15. The van der Waals surface area contributed by atoms with E-state index in [9.17, 15) is 5.11 Å². The van der Waals surface area contributed by atoms with Crippen molar-refractivity contribution in [1.29, 1.82) is 0 Å². The Hall–Kier alpha value is -1.64. The summed E-state index contributed by atoms with van der Waals surface area (Å²) in [4.78, 5) is 2.49. The van der Waals surface area contributed by atoms with Gasteiger partial charge in [-0.05, 0) is 61.9 Å². The van der Waals surface area contributed by atoms with Crippen molar-refractivity contribution >= 4 is 0 Å². The van der Waals surface area contributed by atoms with E-state index in [1.54, 1.807) is 0 Å². The Labute approximate surface area is 146 Å². The first kappa shape index (κ1) is 17.2. The van der Waals surface area contributed by atoms with E-state index in [0.29, 0.717) is 0 Å². The van der Waals surface area contributed by atoms with Crippen LogP contribution in [-0.4, -0.2) is 29.6 Å². The third kappa shape index (κ3) is 4.25. The third-order valence-electron chi connectivity index (χ3n) is 5.41. The molecule has 1 atom stereocenters. The van der Waals surface area contributed by atoms with Gasteiger partial charge in [-0.25, -0.2) is 0 Å². The fourth-order valence-electron chi connectivity index (χ4n) is 3.46. The zero-order valence-electron chi connectivity index (χ0n) is 14.9. The molecule has 1 aliphatic rings. The molecule has 0 amide bonds. The lowest BCUT2D eigenvalue weighted by molar-refractivity contribution is 0.0320. The highest BCUT2D eigenvalue weighted by Gasteiger charge is 2.25. The summed E-state index contributed by atoms with van der Waals surface area (Å²) in [6, 6.07) is 18.7. The highest BCUT2D eigenvalue weighted by molar-refractivity contribution is 5.63. The molecule has 1 unspecified atom stereocenters. The lowest BCUT2D eigenvalue weighted by Crippen LogP contribution is -2.36. The summed E-state index contributed by atoms with van der Waals surface area (Å²) < 4.78 is 0. The average molecular weight is 323 g/mol. The molecule has 0 aliphatic carbocycles. The number of piperidine rings is 1.